The SMILES string of the molecule is CCOc1ccccc1NC(=O)CCNc1ccc(N(CC)CC)cc1C. The van der Waals surface area contributed by atoms with Gasteiger partial charge in [0.25, 0.3) is 0 Å². The minimum Gasteiger partial charge on any atom is -0.492 e. The molecule has 0 radical (unpaired) electrons. The number of hydrogen-bond acceptors (Lipinski definition) is 4. The van der Waals surface area contributed by atoms with Crippen molar-refractivity contribution in [1.82, 2.24) is 0 Å². The molecule has 0 aromatic heterocycles. The molecule has 5 nitrogen and oxygen atoms in total. The Morgan fingerprint density at radius 1 is 1.04 bits per heavy atom. The second kappa shape index (κ2) is 10.5. The van der Waals surface area contributed by atoms with Crippen molar-refractivity contribution in [1.29, 1.82) is 0 Å². The van der Waals surface area contributed by atoms with E-state index < -0.39 is 0 Å². The molecule has 146 valence electrons. The second-order valence-corrected chi connectivity index (χ2v) is 6.33. The van der Waals surface area contributed by atoms with Crippen molar-refractivity contribution in [2.75, 3.05) is 41.8 Å². The number of nitrogens with zero attached hydrogens (tertiary/aromatic N) is 1. The summed E-state index contributed by atoms with van der Waals surface area (Å²) in [7, 11) is 0. The first-order chi connectivity index (χ1) is 13.1. The van der Waals surface area contributed by atoms with E-state index in [2.05, 4.69) is 54.5 Å². The van der Waals surface area contributed by atoms with E-state index in [1.807, 2.05) is 31.2 Å². The number of anilines is 3. The van der Waals surface area contributed by atoms with Crippen LogP contribution in [0.5, 0.6) is 5.75 Å². The quantitative estimate of drug-likeness (QED) is 0.638. The van der Waals surface area contributed by atoms with Crippen molar-refractivity contribution < 1.29 is 9.53 Å². The summed E-state index contributed by atoms with van der Waals surface area (Å²) in [6.07, 6.45) is 0.387. The van der Waals surface area contributed by atoms with Gasteiger partial charge < -0.3 is 20.3 Å². The zero-order valence-corrected chi connectivity index (χ0v) is 16.8. The number of carbonyl (C=O) groups excluding carboxylic acids is 1. The van der Waals surface area contributed by atoms with E-state index in [4.69, 9.17) is 4.74 Å². The molecule has 2 aromatic rings. The van der Waals surface area contributed by atoms with E-state index in [1.54, 1.807) is 0 Å². The van der Waals surface area contributed by atoms with Crippen LogP contribution in [0.3, 0.4) is 0 Å². The maximum absolute atomic E-state index is 12.3. The Labute approximate surface area is 162 Å². The molecule has 0 aliphatic carbocycles. The second-order valence-electron chi connectivity index (χ2n) is 6.33. The van der Waals surface area contributed by atoms with Crippen molar-refractivity contribution in [2.24, 2.45) is 0 Å². The Morgan fingerprint density at radius 3 is 2.44 bits per heavy atom. The predicted molar refractivity (Wildman–Crippen MR) is 114 cm³/mol. The molecule has 0 saturated carbocycles. The Morgan fingerprint density at radius 2 is 1.78 bits per heavy atom. The molecule has 0 atom stereocenters. The molecule has 0 heterocycles. The zero-order chi connectivity index (χ0) is 19.6. The summed E-state index contributed by atoms with van der Waals surface area (Å²) < 4.78 is 5.54. The van der Waals surface area contributed by atoms with Crippen LogP contribution in [-0.2, 0) is 4.79 Å². The Bertz CT molecular complexity index is 742. The maximum atomic E-state index is 12.3. The van der Waals surface area contributed by atoms with Crippen molar-refractivity contribution >= 4 is 23.0 Å². The monoisotopic (exact) mass is 369 g/mol. The molecule has 0 spiro atoms. The van der Waals surface area contributed by atoms with Crippen molar-refractivity contribution in [3.63, 3.8) is 0 Å². The lowest BCUT2D eigenvalue weighted by atomic mass is 10.1. The van der Waals surface area contributed by atoms with E-state index in [1.165, 1.54) is 11.3 Å². The fraction of sp³-hybridized carbons (Fsp3) is 0.409. The van der Waals surface area contributed by atoms with Crippen LogP contribution in [0.1, 0.15) is 32.8 Å². The number of amides is 1. The average molecular weight is 370 g/mol. The van der Waals surface area contributed by atoms with Gasteiger partial charge in [0.05, 0.1) is 12.3 Å². The third-order valence-corrected chi connectivity index (χ3v) is 4.47. The normalized spacial score (nSPS) is 10.4. The van der Waals surface area contributed by atoms with E-state index in [0.717, 1.165) is 18.8 Å². The van der Waals surface area contributed by atoms with Gasteiger partial charge in [0.15, 0.2) is 0 Å². The van der Waals surface area contributed by atoms with Gasteiger partial charge in [-0.3, -0.25) is 4.79 Å². The lowest BCUT2D eigenvalue weighted by Crippen LogP contribution is -2.22. The molecule has 2 aromatic carbocycles. The van der Waals surface area contributed by atoms with Crippen molar-refractivity contribution in [2.45, 2.75) is 34.1 Å². The van der Waals surface area contributed by atoms with Gasteiger partial charge in [0.1, 0.15) is 5.75 Å². The highest BCUT2D eigenvalue weighted by atomic mass is 16.5. The minimum absolute atomic E-state index is 0.0351. The summed E-state index contributed by atoms with van der Waals surface area (Å²) in [6.45, 7) is 11.5. The number of benzene rings is 2. The van der Waals surface area contributed by atoms with Gasteiger partial charge in [-0.1, -0.05) is 12.1 Å². The third kappa shape index (κ3) is 5.91. The van der Waals surface area contributed by atoms with Crippen LogP contribution < -0.4 is 20.3 Å². The molecule has 5 heteroatoms. The van der Waals surface area contributed by atoms with Crippen molar-refractivity contribution in [3.05, 3.63) is 48.0 Å². The Balaban J connectivity index is 1.88. The van der Waals surface area contributed by atoms with E-state index in [9.17, 15) is 4.79 Å². The number of carbonyl (C=O) groups is 1. The summed E-state index contributed by atoms with van der Waals surface area (Å²) in [5.74, 6) is 0.663. The summed E-state index contributed by atoms with van der Waals surface area (Å²) in [6, 6.07) is 13.9. The molecular formula is C22H31N3O2. The first-order valence-corrected chi connectivity index (χ1v) is 9.70. The average Bonchev–Trinajstić information content (AvgIpc) is 2.66. The standard InChI is InChI=1S/C22H31N3O2/c1-5-25(6-2)18-12-13-19(17(4)16-18)23-15-14-22(26)24-20-10-8-9-11-21(20)27-7-3/h8-13,16,23H,5-7,14-15H2,1-4H3,(H,24,26). The molecule has 0 aliphatic heterocycles. The fourth-order valence-corrected chi connectivity index (χ4v) is 3.01. The fourth-order valence-electron chi connectivity index (χ4n) is 3.01. The summed E-state index contributed by atoms with van der Waals surface area (Å²) >= 11 is 0. The van der Waals surface area contributed by atoms with Crippen molar-refractivity contribution in [3.8, 4) is 5.75 Å². The number of nitrogens with one attached hydrogen (secondary N) is 2. The van der Waals surface area contributed by atoms with E-state index in [-0.39, 0.29) is 5.91 Å². The molecule has 27 heavy (non-hydrogen) atoms. The summed E-state index contributed by atoms with van der Waals surface area (Å²) in [4.78, 5) is 14.6. The lowest BCUT2D eigenvalue weighted by Gasteiger charge is -2.22. The number of ether oxygens (including phenoxy) is 1. The van der Waals surface area contributed by atoms with Crippen LogP contribution in [0.4, 0.5) is 17.1 Å². The number of para-hydroxylation sites is 2. The van der Waals surface area contributed by atoms with Gasteiger partial charge in [0, 0.05) is 37.4 Å². The van der Waals surface area contributed by atoms with Crippen LogP contribution >= 0.6 is 0 Å². The minimum atomic E-state index is -0.0351. The van der Waals surface area contributed by atoms with E-state index >= 15 is 0 Å². The van der Waals surface area contributed by atoms with Gasteiger partial charge in [-0.2, -0.15) is 0 Å². The molecule has 0 bridgehead atoms. The molecule has 2 N–H and O–H groups in total. The zero-order valence-electron chi connectivity index (χ0n) is 16.8. The van der Waals surface area contributed by atoms with Crippen LogP contribution in [0.15, 0.2) is 42.5 Å². The molecule has 2 rings (SSSR count). The Hall–Kier alpha value is -2.69. The molecule has 1 amide bonds. The van der Waals surface area contributed by atoms with Crippen LogP contribution in [0, 0.1) is 6.92 Å². The Kier molecular flexibility index (Phi) is 7.99. The van der Waals surface area contributed by atoms with Gasteiger partial charge in [-0.05, 0) is 63.6 Å². The first kappa shape index (κ1) is 20.6. The molecule has 0 unspecified atom stereocenters. The molecule has 0 aliphatic rings. The molecular weight excluding hydrogens is 338 g/mol. The third-order valence-electron chi connectivity index (χ3n) is 4.47. The van der Waals surface area contributed by atoms with Gasteiger partial charge in [0.2, 0.25) is 5.91 Å². The maximum Gasteiger partial charge on any atom is 0.226 e. The van der Waals surface area contributed by atoms with Crippen LogP contribution in [-0.4, -0.2) is 32.1 Å². The van der Waals surface area contributed by atoms with E-state index in [0.29, 0.717) is 31.0 Å². The molecule has 0 fully saturated rings. The molecule has 0 saturated heterocycles. The lowest BCUT2D eigenvalue weighted by molar-refractivity contribution is -0.116. The highest BCUT2D eigenvalue weighted by Gasteiger charge is 2.08. The van der Waals surface area contributed by atoms with Crippen LogP contribution in [0.2, 0.25) is 0 Å². The number of hydrogen-bond donors (Lipinski definition) is 2. The largest absolute Gasteiger partial charge is 0.492 e. The first-order valence-electron chi connectivity index (χ1n) is 9.70. The van der Waals surface area contributed by atoms with Crippen LogP contribution in [0.25, 0.3) is 0 Å². The summed E-state index contributed by atoms with van der Waals surface area (Å²) in [5, 5.41) is 6.29. The highest BCUT2D eigenvalue weighted by molar-refractivity contribution is 5.92. The van der Waals surface area contributed by atoms with Gasteiger partial charge in [-0.25, -0.2) is 0 Å². The highest BCUT2D eigenvalue weighted by Crippen LogP contribution is 2.24. The summed E-state index contributed by atoms with van der Waals surface area (Å²) in [5.41, 5.74) is 4.19. The topological polar surface area (TPSA) is 53.6 Å². The predicted octanol–water partition coefficient (Wildman–Crippen LogP) is 4.68. The van der Waals surface area contributed by atoms with Gasteiger partial charge in [-0.15, -0.1) is 0 Å². The van der Waals surface area contributed by atoms with Gasteiger partial charge >= 0.3 is 0 Å². The number of aryl methyl sites for hydroxylation is 1. The number of rotatable bonds is 10. The smallest absolute Gasteiger partial charge is 0.226 e.